The summed E-state index contributed by atoms with van der Waals surface area (Å²) in [4.78, 5) is 14.5. The van der Waals surface area contributed by atoms with Gasteiger partial charge in [0.15, 0.2) is 0 Å². The van der Waals surface area contributed by atoms with Gasteiger partial charge in [0.05, 0.1) is 12.7 Å². The van der Waals surface area contributed by atoms with Crippen LogP contribution >= 0.6 is 0 Å². The van der Waals surface area contributed by atoms with E-state index in [1.54, 1.807) is 0 Å². The number of hydrogen-bond acceptors (Lipinski definition) is 3. The van der Waals surface area contributed by atoms with E-state index >= 15 is 0 Å². The smallest absolute Gasteiger partial charge is 0.253 e. The van der Waals surface area contributed by atoms with E-state index in [0.717, 1.165) is 38.0 Å². The summed E-state index contributed by atoms with van der Waals surface area (Å²) in [6.07, 6.45) is 4.41. The molecule has 4 heteroatoms. The first-order valence-corrected chi connectivity index (χ1v) is 7.76. The summed E-state index contributed by atoms with van der Waals surface area (Å²) in [6.45, 7) is 3.60. The third kappa shape index (κ3) is 3.44. The number of anilines is 1. The van der Waals surface area contributed by atoms with Gasteiger partial charge in [-0.05, 0) is 44.7 Å². The molecule has 1 aliphatic heterocycles. The number of carbonyl (C=O) groups is 1. The monoisotopic (exact) mass is 289 g/mol. The fourth-order valence-electron chi connectivity index (χ4n) is 2.86. The van der Waals surface area contributed by atoms with Crippen molar-refractivity contribution in [3.8, 4) is 0 Å². The zero-order valence-corrected chi connectivity index (χ0v) is 12.6. The SMILES string of the molecule is CC1(N(C(=O)COCC2CCCO2)c2ccccc2)CC1. The van der Waals surface area contributed by atoms with Crippen molar-refractivity contribution < 1.29 is 14.3 Å². The first kappa shape index (κ1) is 14.5. The molecule has 1 saturated heterocycles. The standard InChI is InChI=1S/C17H23NO3/c1-17(9-10-17)18(14-6-3-2-4-7-14)16(19)13-20-12-15-8-5-11-21-15/h2-4,6-7,15H,5,8-13H2,1H3. The van der Waals surface area contributed by atoms with Crippen LogP contribution in [0.1, 0.15) is 32.6 Å². The number of hydrogen-bond donors (Lipinski definition) is 0. The largest absolute Gasteiger partial charge is 0.376 e. The summed E-state index contributed by atoms with van der Waals surface area (Å²) in [5, 5.41) is 0. The molecule has 0 spiro atoms. The molecule has 2 fully saturated rings. The number of carbonyl (C=O) groups excluding carboxylic acids is 1. The number of amides is 1. The van der Waals surface area contributed by atoms with Gasteiger partial charge >= 0.3 is 0 Å². The number of benzene rings is 1. The van der Waals surface area contributed by atoms with Crippen LogP contribution in [0.2, 0.25) is 0 Å². The predicted molar refractivity (Wildman–Crippen MR) is 81.4 cm³/mol. The van der Waals surface area contributed by atoms with E-state index in [-0.39, 0.29) is 24.2 Å². The van der Waals surface area contributed by atoms with Crippen molar-refractivity contribution in [3.63, 3.8) is 0 Å². The van der Waals surface area contributed by atoms with Gasteiger partial charge in [-0.1, -0.05) is 18.2 Å². The van der Waals surface area contributed by atoms with Crippen molar-refractivity contribution >= 4 is 11.6 Å². The minimum absolute atomic E-state index is 0.0361. The zero-order valence-electron chi connectivity index (χ0n) is 12.6. The molecule has 0 aromatic heterocycles. The molecule has 0 bridgehead atoms. The Morgan fingerprint density at radius 3 is 2.76 bits per heavy atom. The van der Waals surface area contributed by atoms with E-state index in [1.807, 2.05) is 35.2 Å². The highest BCUT2D eigenvalue weighted by molar-refractivity contribution is 5.96. The number of para-hydroxylation sites is 1. The summed E-state index contributed by atoms with van der Waals surface area (Å²) in [5.41, 5.74) is 0.925. The molecule has 1 saturated carbocycles. The number of rotatable bonds is 6. The van der Waals surface area contributed by atoms with E-state index in [0.29, 0.717) is 6.61 Å². The Bertz CT molecular complexity index is 478. The highest BCUT2D eigenvalue weighted by atomic mass is 16.5. The van der Waals surface area contributed by atoms with Crippen LogP contribution < -0.4 is 4.90 Å². The van der Waals surface area contributed by atoms with Crippen LogP contribution in [0.5, 0.6) is 0 Å². The maximum atomic E-state index is 12.6. The molecule has 1 amide bonds. The van der Waals surface area contributed by atoms with Gasteiger partial charge in [-0.3, -0.25) is 4.79 Å². The third-order valence-electron chi connectivity index (χ3n) is 4.33. The van der Waals surface area contributed by atoms with Crippen LogP contribution in [-0.2, 0) is 14.3 Å². The Labute approximate surface area is 126 Å². The van der Waals surface area contributed by atoms with Gasteiger partial charge in [-0.2, -0.15) is 0 Å². The van der Waals surface area contributed by atoms with Gasteiger partial charge < -0.3 is 14.4 Å². The van der Waals surface area contributed by atoms with E-state index < -0.39 is 0 Å². The van der Waals surface area contributed by atoms with Crippen molar-refractivity contribution in [3.05, 3.63) is 30.3 Å². The Balaban J connectivity index is 1.59. The summed E-state index contributed by atoms with van der Waals surface area (Å²) < 4.78 is 11.1. The van der Waals surface area contributed by atoms with Crippen molar-refractivity contribution in [2.24, 2.45) is 0 Å². The molecule has 1 heterocycles. The van der Waals surface area contributed by atoms with Gasteiger partial charge in [0.25, 0.3) is 5.91 Å². The number of ether oxygens (including phenoxy) is 2. The minimum atomic E-state index is -0.0361. The first-order valence-electron chi connectivity index (χ1n) is 7.76. The maximum absolute atomic E-state index is 12.6. The average Bonchev–Trinajstić information content (AvgIpc) is 3.02. The molecule has 0 N–H and O–H groups in total. The summed E-state index contributed by atoms with van der Waals surface area (Å²) in [7, 11) is 0. The molecule has 1 aliphatic carbocycles. The van der Waals surface area contributed by atoms with Crippen LogP contribution in [0.4, 0.5) is 5.69 Å². The Morgan fingerprint density at radius 2 is 2.14 bits per heavy atom. The fraction of sp³-hybridized carbons (Fsp3) is 0.588. The summed E-state index contributed by atoms with van der Waals surface area (Å²) >= 11 is 0. The Morgan fingerprint density at radius 1 is 1.38 bits per heavy atom. The molecule has 21 heavy (non-hydrogen) atoms. The molecular weight excluding hydrogens is 266 g/mol. The quantitative estimate of drug-likeness (QED) is 0.808. The summed E-state index contributed by atoms with van der Waals surface area (Å²) in [6, 6.07) is 9.88. The molecule has 2 aliphatic rings. The van der Waals surface area contributed by atoms with E-state index in [9.17, 15) is 4.79 Å². The second-order valence-corrected chi connectivity index (χ2v) is 6.21. The normalized spacial score (nSPS) is 23.0. The van der Waals surface area contributed by atoms with Gasteiger partial charge in [0.2, 0.25) is 0 Å². The van der Waals surface area contributed by atoms with E-state index in [2.05, 4.69) is 6.92 Å². The van der Waals surface area contributed by atoms with Crippen LogP contribution in [0.3, 0.4) is 0 Å². The zero-order chi connectivity index (χ0) is 14.7. The topological polar surface area (TPSA) is 38.8 Å². The van der Waals surface area contributed by atoms with Crippen LogP contribution in [0.25, 0.3) is 0 Å². The Hall–Kier alpha value is -1.39. The van der Waals surface area contributed by atoms with Crippen molar-refractivity contribution in [2.75, 3.05) is 24.7 Å². The van der Waals surface area contributed by atoms with Crippen LogP contribution in [0, 0.1) is 0 Å². The maximum Gasteiger partial charge on any atom is 0.253 e. The minimum Gasteiger partial charge on any atom is -0.376 e. The average molecular weight is 289 g/mol. The van der Waals surface area contributed by atoms with Crippen LogP contribution in [-0.4, -0.2) is 37.4 Å². The number of nitrogens with zero attached hydrogens (tertiary/aromatic N) is 1. The molecule has 4 nitrogen and oxygen atoms in total. The van der Waals surface area contributed by atoms with Gasteiger partial charge in [-0.15, -0.1) is 0 Å². The molecule has 1 aromatic carbocycles. The van der Waals surface area contributed by atoms with Crippen molar-refractivity contribution in [1.29, 1.82) is 0 Å². The van der Waals surface area contributed by atoms with Crippen molar-refractivity contribution in [1.82, 2.24) is 0 Å². The third-order valence-corrected chi connectivity index (χ3v) is 4.33. The van der Waals surface area contributed by atoms with Gasteiger partial charge in [0.1, 0.15) is 6.61 Å². The fourth-order valence-corrected chi connectivity index (χ4v) is 2.86. The Kier molecular flexibility index (Phi) is 4.27. The molecule has 1 atom stereocenters. The lowest BCUT2D eigenvalue weighted by atomic mass is 10.2. The van der Waals surface area contributed by atoms with E-state index in [1.165, 1.54) is 0 Å². The highest BCUT2D eigenvalue weighted by Gasteiger charge is 2.46. The lowest BCUT2D eigenvalue weighted by Crippen LogP contribution is -2.43. The molecular formula is C17H23NO3. The second-order valence-electron chi connectivity index (χ2n) is 6.21. The lowest BCUT2D eigenvalue weighted by molar-refractivity contribution is -0.124. The summed E-state index contributed by atoms with van der Waals surface area (Å²) in [5.74, 6) is 0.0409. The molecule has 3 rings (SSSR count). The molecule has 0 radical (unpaired) electrons. The molecule has 1 aromatic rings. The molecule has 114 valence electrons. The molecule has 1 unspecified atom stereocenters. The van der Waals surface area contributed by atoms with Crippen LogP contribution in [0.15, 0.2) is 30.3 Å². The van der Waals surface area contributed by atoms with E-state index in [4.69, 9.17) is 9.47 Å². The first-order chi connectivity index (χ1) is 10.2. The predicted octanol–water partition coefficient (Wildman–Crippen LogP) is 2.77. The second kappa shape index (κ2) is 6.16. The van der Waals surface area contributed by atoms with Gasteiger partial charge in [0, 0.05) is 17.8 Å². The lowest BCUT2D eigenvalue weighted by Gasteiger charge is -2.29. The van der Waals surface area contributed by atoms with Gasteiger partial charge in [-0.25, -0.2) is 0 Å². The highest BCUT2D eigenvalue weighted by Crippen LogP contribution is 2.43. The van der Waals surface area contributed by atoms with Crippen molar-refractivity contribution in [2.45, 2.75) is 44.2 Å².